The second-order valence-electron chi connectivity index (χ2n) is 8.22. The first-order valence-corrected chi connectivity index (χ1v) is 13.2. The number of nitrogens with one attached hydrogen (secondary N) is 3. The first-order valence-electron chi connectivity index (χ1n) is 10.6. The molecule has 0 bridgehead atoms. The summed E-state index contributed by atoms with van der Waals surface area (Å²) < 4.78 is 59.5. The van der Waals surface area contributed by atoms with E-state index in [0.29, 0.717) is 47.1 Å². The van der Waals surface area contributed by atoms with Crippen molar-refractivity contribution < 1.29 is 27.3 Å². The van der Waals surface area contributed by atoms with Crippen LogP contribution in [0.2, 0.25) is 0 Å². The number of para-hydroxylation sites is 1. The summed E-state index contributed by atoms with van der Waals surface area (Å²) in [5.74, 6) is -0.444. The predicted octanol–water partition coefficient (Wildman–Crippen LogP) is 4.53. The van der Waals surface area contributed by atoms with E-state index in [9.17, 15) is 22.5 Å². The number of carbonyl (C=O) groups is 1. The van der Waals surface area contributed by atoms with Gasteiger partial charge in [0.2, 0.25) is 5.95 Å². The predicted molar refractivity (Wildman–Crippen MR) is 128 cm³/mol. The fourth-order valence-corrected chi connectivity index (χ4v) is 4.94. The summed E-state index contributed by atoms with van der Waals surface area (Å²) in [6.45, 7) is 3.44. The Hall–Kier alpha value is -3.59. The third kappa shape index (κ3) is 5.09. The highest BCUT2D eigenvalue weighted by Gasteiger charge is 2.36. The molecule has 0 spiro atoms. The Bertz CT molecular complexity index is 1340. The van der Waals surface area contributed by atoms with E-state index in [2.05, 4.69) is 25.9 Å². The lowest BCUT2D eigenvalue weighted by Crippen LogP contribution is -2.19. The molecule has 3 N–H and O–H groups in total. The lowest BCUT2D eigenvalue weighted by atomic mass is 10.0. The van der Waals surface area contributed by atoms with E-state index in [0.717, 1.165) is 0 Å². The average molecular weight is 505 g/mol. The maximum Gasteiger partial charge on any atom is 0.421 e. The Morgan fingerprint density at radius 1 is 1.09 bits per heavy atom. The molecule has 2 heterocycles. The molecule has 0 unspecified atom stereocenters. The fraction of sp³-hybridized carbons (Fsp3) is 0.261. The third-order valence-corrected chi connectivity index (χ3v) is 6.96. The van der Waals surface area contributed by atoms with E-state index in [1.807, 2.05) is 0 Å². The van der Waals surface area contributed by atoms with Crippen LogP contribution in [-0.2, 0) is 17.2 Å². The van der Waals surface area contributed by atoms with Crippen molar-refractivity contribution in [1.29, 1.82) is 0 Å². The molecule has 184 valence electrons. The van der Waals surface area contributed by atoms with Crippen molar-refractivity contribution in [3.8, 4) is 5.75 Å². The minimum atomic E-state index is -4.72. The standard InChI is InChI=1S/C23H23F3N5O3P/c1-27-21(32)14-8-9-17(19-13(14)10-11-34-19)30-22-28-12-15(23(24,25)26)20(31-22)29-16-6-4-5-7-18(16)35(2,3)33/h4-9,12H,10-11H2,1-3H3,(H,27,32)(H2,28,29,30,31). The number of halogens is 3. The van der Waals surface area contributed by atoms with Gasteiger partial charge in [0.25, 0.3) is 5.91 Å². The van der Waals surface area contributed by atoms with E-state index < -0.39 is 24.7 Å². The molecule has 4 rings (SSSR count). The van der Waals surface area contributed by atoms with Crippen LogP contribution in [0.15, 0.2) is 42.6 Å². The number of amides is 1. The average Bonchev–Trinajstić information content (AvgIpc) is 3.28. The third-order valence-electron chi connectivity index (χ3n) is 5.41. The highest BCUT2D eigenvalue weighted by Crippen LogP contribution is 2.41. The van der Waals surface area contributed by atoms with Gasteiger partial charge in [0.15, 0.2) is 0 Å². The van der Waals surface area contributed by atoms with Gasteiger partial charge in [0.05, 0.1) is 18.0 Å². The van der Waals surface area contributed by atoms with E-state index >= 15 is 0 Å². The van der Waals surface area contributed by atoms with Crippen LogP contribution in [0.25, 0.3) is 0 Å². The first-order chi connectivity index (χ1) is 16.5. The molecule has 0 fully saturated rings. The molecular formula is C23H23F3N5O3P. The molecule has 0 radical (unpaired) electrons. The van der Waals surface area contributed by atoms with Gasteiger partial charge in [-0.15, -0.1) is 0 Å². The minimum Gasteiger partial charge on any atom is -0.491 e. The van der Waals surface area contributed by atoms with Crippen molar-refractivity contribution >= 4 is 41.5 Å². The summed E-state index contributed by atoms with van der Waals surface area (Å²) in [5.41, 5.74) is 0.756. The molecule has 2 aromatic carbocycles. The number of fused-ring (bicyclic) bond motifs is 1. The minimum absolute atomic E-state index is 0.112. The van der Waals surface area contributed by atoms with E-state index in [-0.39, 0.29) is 17.5 Å². The second-order valence-corrected chi connectivity index (χ2v) is 11.4. The van der Waals surface area contributed by atoms with Gasteiger partial charge in [0, 0.05) is 36.1 Å². The van der Waals surface area contributed by atoms with Crippen LogP contribution in [0.4, 0.5) is 36.3 Å². The van der Waals surface area contributed by atoms with Crippen molar-refractivity contribution in [3.05, 3.63) is 59.3 Å². The molecule has 0 atom stereocenters. The Kier molecular flexibility index (Phi) is 6.46. The number of hydrogen-bond acceptors (Lipinski definition) is 7. The van der Waals surface area contributed by atoms with Crippen LogP contribution in [0.3, 0.4) is 0 Å². The Morgan fingerprint density at radius 3 is 2.51 bits per heavy atom. The summed E-state index contributed by atoms with van der Waals surface area (Å²) in [7, 11) is -1.27. The lowest BCUT2D eigenvalue weighted by Gasteiger charge is -2.18. The van der Waals surface area contributed by atoms with Crippen LogP contribution in [0.1, 0.15) is 21.5 Å². The topological polar surface area (TPSA) is 105 Å². The number of hydrogen-bond donors (Lipinski definition) is 3. The zero-order valence-corrected chi connectivity index (χ0v) is 20.1. The van der Waals surface area contributed by atoms with Gasteiger partial charge >= 0.3 is 6.18 Å². The Labute approximate surface area is 199 Å². The van der Waals surface area contributed by atoms with E-state index in [1.54, 1.807) is 36.4 Å². The normalized spacial score (nSPS) is 13.1. The molecule has 1 amide bonds. The number of nitrogens with zero attached hydrogens (tertiary/aromatic N) is 2. The molecule has 35 heavy (non-hydrogen) atoms. The van der Waals surface area contributed by atoms with Crippen molar-refractivity contribution in [2.75, 3.05) is 37.6 Å². The lowest BCUT2D eigenvalue weighted by molar-refractivity contribution is -0.137. The van der Waals surface area contributed by atoms with Gasteiger partial charge in [-0.25, -0.2) is 4.98 Å². The van der Waals surface area contributed by atoms with Gasteiger partial charge in [-0.05, 0) is 37.6 Å². The zero-order chi connectivity index (χ0) is 25.4. The summed E-state index contributed by atoms with van der Waals surface area (Å²) in [5, 5.41) is 8.57. The molecular weight excluding hydrogens is 482 g/mol. The highest BCUT2D eigenvalue weighted by atomic mass is 31.2. The monoisotopic (exact) mass is 505 g/mol. The van der Waals surface area contributed by atoms with E-state index in [1.165, 1.54) is 20.4 Å². The smallest absolute Gasteiger partial charge is 0.421 e. The van der Waals surface area contributed by atoms with Crippen LogP contribution < -0.4 is 26.0 Å². The van der Waals surface area contributed by atoms with Crippen molar-refractivity contribution in [1.82, 2.24) is 15.3 Å². The number of anilines is 4. The number of alkyl halides is 3. The van der Waals surface area contributed by atoms with E-state index in [4.69, 9.17) is 4.74 Å². The SMILES string of the molecule is CNC(=O)c1ccc(Nc2ncc(C(F)(F)F)c(Nc3ccccc3P(C)(C)=O)n2)c2c1CCO2. The van der Waals surface area contributed by atoms with Crippen molar-refractivity contribution in [3.63, 3.8) is 0 Å². The van der Waals surface area contributed by atoms with Crippen LogP contribution in [0, 0.1) is 0 Å². The first kappa shape index (κ1) is 24.5. The summed E-state index contributed by atoms with van der Waals surface area (Å²) in [6, 6.07) is 9.63. The molecule has 0 saturated heterocycles. The molecule has 0 aliphatic carbocycles. The number of carbonyl (C=O) groups excluding carboxylic acids is 1. The number of benzene rings is 2. The Morgan fingerprint density at radius 2 is 1.83 bits per heavy atom. The van der Waals surface area contributed by atoms with Crippen LogP contribution in [0.5, 0.6) is 5.75 Å². The van der Waals surface area contributed by atoms with Gasteiger partial charge in [-0.3, -0.25) is 4.79 Å². The highest BCUT2D eigenvalue weighted by molar-refractivity contribution is 7.70. The molecule has 1 aromatic heterocycles. The second kappa shape index (κ2) is 9.22. The summed E-state index contributed by atoms with van der Waals surface area (Å²) in [6.07, 6.45) is -3.53. The molecule has 3 aromatic rings. The molecule has 1 aliphatic rings. The van der Waals surface area contributed by atoms with Gasteiger partial charge in [0.1, 0.15) is 24.3 Å². The molecule has 12 heteroatoms. The summed E-state index contributed by atoms with van der Waals surface area (Å²) >= 11 is 0. The van der Waals surface area contributed by atoms with Crippen LogP contribution >= 0.6 is 7.14 Å². The summed E-state index contributed by atoms with van der Waals surface area (Å²) in [4.78, 5) is 20.1. The van der Waals surface area contributed by atoms with Gasteiger partial charge in [-0.2, -0.15) is 18.2 Å². The zero-order valence-electron chi connectivity index (χ0n) is 19.2. The maximum absolute atomic E-state index is 13.7. The van der Waals surface area contributed by atoms with Gasteiger partial charge < -0.3 is 25.3 Å². The molecule has 0 saturated carbocycles. The van der Waals surface area contributed by atoms with Crippen molar-refractivity contribution in [2.24, 2.45) is 0 Å². The number of ether oxygens (including phenoxy) is 1. The maximum atomic E-state index is 13.7. The largest absolute Gasteiger partial charge is 0.491 e. The molecule has 8 nitrogen and oxygen atoms in total. The van der Waals surface area contributed by atoms with Crippen LogP contribution in [-0.4, -0.2) is 42.9 Å². The van der Waals surface area contributed by atoms with Gasteiger partial charge in [-0.1, -0.05) is 12.1 Å². The van der Waals surface area contributed by atoms with Crippen molar-refractivity contribution in [2.45, 2.75) is 12.6 Å². The fourth-order valence-electron chi connectivity index (χ4n) is 3.78. The number of rotatable bonds is 6. The molecule has 1 aliphatic heterocycles. The Balaban J connectivity index is 1.74. The number of aromatic nitrogens is 2. The quantitative estimate of drug-likeness (QED) is 0.423.